The maximum absolute atomic E-state index is 13.9. The lowest BCUT2D eigenvalue weighted by molar-refractivity contribution is 0.0391. The van der Waals surface area contributed by atoms with Gasteiger partial charge in [0.2, 0.25) is 0 Å². The molecule has 33 heavy (non-hydrogen) atoms. The number of benzene rings is 2. The van der Waals surface area contributed by atoms with E-state index in [0.29, 0.717) is 29.9 Å². The van der Waals surface area contributed by atoms with E-state index in [1.807, 2.05) is 36.1 Å². The largest absolute Gasteiger partial charge is 0.494 e. The molecule has 0 aliphatic carbocycles. The van der Waals surface area contributed by atoms with Crippen LogP contribution in [0.3, 0.4) is 0 Å². The predicted octanol–water partition coefficient (Wildman–Crippen LogP) is 5.45. The van der Waals surface area contributed by atoms with Crippen LogP contribution in [0.5, 0.6) is 5.75 Å². The summed E-state index contributed by atoms with van der Waals surface area (Å²) in [5, 5.41) is 4.75. The summed E-state index contributed by atoms with van der Waals surface area (Å²) < 4.78 is 35.3. The Labute approximate surface area is 192 Å². The average molecular weight is 452 g/mol. The highest BCUT2D eigenvalue weighted by Gasteiger charge is 2.43. The second-order valence-electron chi connectivity index (χ2n) is 8.89. The Morgan fingerprint density at radius 3 is 2.70 bits per heavy atom. The van der Waals surface area contributed by atoms with Gasteiger partial charge < -0.3 is 9.64 Å². The first-order valence-electron chi connectivity index (χ1n) is 11.5. The van der Waals surface area contributed by atoms with Crippen LogP contribution in [0.2, 0.25) is 0 Å². The summed E-state index contributed by atoms with van der Waals surface area (Å²) in [6, 6.07) is 10.8. The monoisotopic (exact) mass is 451 g/mol. The molecule has 1 amide bonds. The normalized spacial score (nSPS) is 19.3. The summed E-state index contributed by atoms with van der Waals surface area (Å²) in [6.07, 6.45) is 4.23. The molecule has 0 unspecified atom stereocenters. The first-order valence-corrected chi connectivity index (χ1v) is 11.5. The molecule has 2 aliphatic rings. The van der Waals surface area contributed by atoms with E-state index in [2.05, 4.69) is 0 Å². The molecular weight excluding hydrogens is 424 g/mol. The number of hydrogen-bond acceptors (Lipinski definition) is 3. The Bertz CT molecular complexity index is 1190. The molecule has 0 spiro atoms. The van der Waals surface area contributed by atoms with Gasteiger partial charge >= 0.3 is 0 Å². The number of aryl methyl sites for hydroxylation is 1. The van der Waals surface area contributed by atoms with Gasteiger partial charge in [-0.05, 0) is 62.4 Å². The number of piperidine rings is 1. The number of aromatic nitrogens is 2. The van der Waals surface area contributed by atoms with Crippen molar-refractivity contribution in [3.05, 3.63) is 70.9 Å². The van der Waals surface area contributed by atoms with E-state index in [1.54, 1.807) is 11.7 Å². The van der Waals surface area contributed by atoms with Crippen LogP contribution in [0.4, 0.5) is 8.78 Å². The molecular formula is C26H27F2N3O2. The van der Waals surface area contributed by atoms with Crippen molar-refractivity contribution in [3.63, 3.8) is 0 Å². The molecule has 0 N–H and O–H groups in total. The molecule has 5 nitrogen and oxygen atoms in total. The number of carbonyl (C=O) groups excluding carboxylic acids is 1. The third-order valence-corrected chi connectivity index (χ3v) is 6.60. The first-order chi connectivity index (χ1) is 16.0. The van der Waals surface area contributed by atoms with Gasteiger partial charge in [0.25, 0.3) is 5.91 Å². The molecule has 2 atom stereocenters. The van der Waals surface area contributed by atoms with Crippen LogP contribution >= 0.6 is 0 Å². The quantitative estimate of drug-likeness (QED) is 0.519. The molecule has 3 aromatic rings. The van der Waals surface area contributed by atoms with Crippen LogP contribution in [0.25, 0.3) is 11.3 Å². The van der Waals surface area contributed by atoms with Crippen LogP contribution in [0.15, 0.2) is 42.5 Å². The summed E-state index contributed by atoms with van der Waals surface area (Å²) in [5.41, 5.74) is 3.62. The number of amides is 1. The van der Waals surface area contributed by atoms with Crippen molar-refractivity contribution in [1.29, 1.82) is 0 Å². The number of ether oxygens (including phenoxy) is 1. The number of carbonyl (C=O) groups is 1. The number of halogens is 2. The van der Waals surface area contributed by atoms with Crippen molar-refractivity contribution in [2.45, 2.75) is 51.1 Å². The van der Waals surface area contributed by atoms with Gasteiger partial charge in [-0.25, -0.2) is 8.78 Å². The molecule has 2 aromatic carbocycles. The fourth-order valence-electron chi connectivity index (χ4n) is 5.29. The third kappa shape index (κ3) is 3.90. The van der Waals surface area contributed by atoms with Crippen molar-refractivity contribution in [2.75, 3.05) is 6.61 Å². The molecule has 3 heterocycles. The van der Waals surface area contributed by atoms with E-state index in [9.17, 15) is 13.6 Å². The van der Waals surface area contributed by atoms with Crippen LogP contribution in [-0.2, 0) is 13.5 Å². The Hall–Kier alpha value is -3.22. The molecule has 1 saturated heterocycles. The van der Waals surface area contributed by atoms with E-state index in [4.69, 9.17) is 9.84 Å². The lowest BCUT2D eigenvalue weighted by atomic mass is 9.81. The van der Waals surface area contributed by atoms with Crippen LogP contribution < -0.4 is 4.74 Å². The predicted molar refractivity (Wildman–Crippen MR) is 121 cm³/mol. The maximum atomic E-state index is 13.9. The van der Waals surface area contributed by atoms with Gasteiger partial charge in [0.15, 0.2) is 0 Å². The molecule has 172 valence electrons. The van der Waals surface area contributed by atoms with Gasteiger partial charge in [-0.15, -0.1) is 0 Å². The average Bonchev–Trinajstić information content (AvgIpc) is 3.12. The van der Waals surface area contributed by atoms with Crippen molar-refractivity contribution >= 4 is 5.91 Å². The van der Waals surface area contributed by atoms with Crippen molar-refractivity contribution < 1.29 is 18.3 Å². The van der Waals surface area contributed by atoms with Crippen LogP contribution in [0.1, 0.15) is 60.3 Å². The minimum absolute atomic E-state index is 0.0188. The van der Waals surface area contributed by atoms with Crippen LogP contribution in [-0.4, -0.2) is 33.2 Å². The van der Waals surface area contributed by atoms with E-state index < -0.39 is 11.6 Å². The molecule has 1 fully saturated rings. The van der Waals surface area contributed by atoms with Gasteiger partial charge in [-0.3, -0.25) is 9.48 Å². The van der Waals surface area contributed by atoms with Crippen molar-refractivity contribution in [1.82, 2.24) is 14.7 Å². The lowest BCUT2D eigenvalue weighted by Gasteiger charge is -2.45. The summed E-state index contributed by atoms with van der Waals surface area (Å²) >= 11 is 0. The summed E-state index contributed by atoms with van der Waals surface area (Å²) in [7, 11) is 1.79. The Kier molecular flexibility index (Phi) is 5.64. The minimum Gasteiger partial charge on any atom is -0.494 e. The van der Waals surface area contributed by atoms with Crippen molar-refractivity contribution in [3.8, 4) is 17.0 Å². The number of nitrogens with zero attached hydrogens (tertiary/aromatic N) is 3. The van der Waals surface area contributed by atoms with Gasteiger partial charge in [0, 0.05) is 35.8 Å². The molecule has 0 radical (unpaired) electrons. The standard InChI is InChI=1S/C26H27F2N3O2/c1-3-10-33-21-8-4-6-16(13-21)26(32)31-20-7-5-9-23(31)24-22(15-20)25(30(2)29-24)17-11-18(27)14-19(28)12-17/h4,6,8,11-14,20,23H,3,5,7,9-10,15H2,1-2H3/t20-,23+/m1/s1. The molecule has 0 saturated carbocycles. The SMILES string of the molecule is CCCOc1cccc(C(=O)N2[C@@H]3CCC[C@H]2c2nn(C)c(-c4cc(F)cc(F)c4)c2C3)c1. The number of rotatable bonds is 5. The topological polar surface area (TPSA) is 47.4 Å². The summed E-state index contributed by atoms with van der Waals surface area (Å²) in [6.45, 7) is 2.65. The van der Waals surface area contributed by atoms with Gasteiger partial charge in [0.05, 0.1) is 24.0 Å². The van der Waals surface area contributed by atoms with E-state index in [-0.39, 0.29) is 18.0 Å². The Morgan fingerprint density at radius 1 is 1.15 bits per heavy atom. The van der Waals surface area contributed by atoms with E-state index >= 15 is 0 Å². The highest BCUT2D eigenvalue weighted by molar-refractivity contribution is 5.95. The van der Waals surface area contributed by atoms with Crippen LogP contribution in [0, 0.1) is 11.6 Å². The second-order valence-corrected chi connectivity index (χ2v) is 8.89. The summed E-state index contributed by atoms with van der Waals surface area (Å²) in [5.74, 6) is -0.559. The second kappa shape index (κ2) is 8.61. The maximum Gasteiger partial charge on any atom is 0.254 e. The molecule has 2 bridgehead atoms. The zero-order chi connectivity index (χ0) is 23.1. The summed E-state index contributed by atoms with van der Waals surface area (Å²) in [4.78, 5) is 15.6. The lowest BCUT2D eigenvalue weighted by Crippen LogP contribution is -2.49. The highest BCUT2D eigenvalue weighted by Crippen LogP contribution is 2.45. The van der Waals surface area contributed by atoms with Gasteiger partial charge in [0.1, 0.15) is 17.4 Å². The first kappa shape index (κ1) is 21.6. The fraction of sp³-hybridized carbons (Fsp3) is 0.385. The zero-order valence-electron chi connectivity index (χ0n) is 18.9. The Morgan fingerprint density at radius 2 is 1.94 bits per heavy atom. The zero-order valence-corrected chi connectivity index (χ0v) is 18.9. The van der Waals surface area contributed by atoms with E-state index in [1.165, 1.54) is 12.1 Å². The van der Waals surface area contributed by atoms with Gasteiger partial charge in [-0.2, -0.15) is 5.10 Å². The van der Waals surface area contributed by atoms with Crippen molar-refractivity contribution in [2.24, 2.45) is 7.05 Å². The Balaban J connectivity index is 1.52. The third-order valence-electron chi connectivity index (χ3n) is 6.60. The number of fused-ring (bicyclic) bond motifs is 4. The molecule has 1 aromatic heterocycles. The molecule has 5 rings (SSSR count). The fourth-order valence-corrected chi connectivity index (χ4v) is 5.29. The highest BCUT2D eigenvalue weighted by atomic mass is 19.1. The number of hydrogen-bond donors (Lipinski definition) is 0. The van der Waals surface area contributed by atoms with E-state index in [0.717, 1.165) is 48.7 Å². The minimum atomic E-state index is -0.613. The molecule has 7 heteroatoms. The molecule has 2 aliphatic heterocycles. The smallest absolute Gasteiger partial charge is 0.254 e. The van der Waals surface area contributed by atoms with Gasteiger partial charge in [-0.1, -0.05) is 13.0 Å².